The van der Waals surface area contributed by atoms with Crippen molar-refractivity contribution in [3.05, 3.63) is 51.3 Å². The van der Waals surface area contributed by atoms with E-state index >= 15 is 0 Å². The molecule has 2 rings (SSSR count). The van der Waals surface area contributed by atoms with Gasteiger partial charge in [0.1, 0.15) is 5.69 Å². The SMILES string of the molecule is Cc1[nH]ncc1CNc1cc(C#N)ccc1[N+](=O)[O-]. The predicted octanol–water partition coefficient (Wildman–Crippen LogP) is 2.11. The second-order valence-electron chi connectivity index (χ2n) is 3.97. The highest BCUT2D eigenvalue weighted by Crippen LogP contribution is 2.25. The Balaban J connectivity index is 2.25. The van der Waals surface area contributed by atoms with Crippen molar-refractivity contribution in [2.24, 2.45) is 0 Å². The maximum atomic E-state index is 10.9. The molecule has 0 aliphatic carbocycles. The Hall–Kier alpha value is -2.88. The molecule has 0 bridgehead atoms. The van der Waals surface area contributed by atoms with Crippen molar-refractivity contribution in [2.45, 2.75) is 13.5 Å². The summed E-state index contributed by atoms with van der Waals surface area (Å²) in [6.45, 7) is 2.27. The number of nitro groups is 1. The van der Waals surface area contributed by atoms with Crippen LogP contribution >= 0.6 is 0 Å². The molecule has 7 heteroatoms. The van der Waals surface area contributed by atoms with E-state index in [0.717, 1.165) is 11.3 Å². The highest BCUT2D eigenvalue weighted by molar-refractivity contribution is 5.64. The number of nitriles is 1. The van der Waals surface area contributed by atoms with Crippen molar-refractivity contribution in [1.29, 1.82) is 5.26 Å². The summed E-state index contributed by atoms with van der Waals surface area (Å²) >= 11 is 0. The van der Waals surface area contributed by atoms with Crippen LogP contribution < -0.4 is 5.32 Å². The first-order valence-electron chi connectivity index (χ1n) is 5.53. The Kier molecular flexibility index (Phi) is 3.43. The maximum Gasteiger partial charge on any atom is 0.292 e. The first-order chi connectivity index (χ1) is 9.11. The van der Waals surface area contributed by atoms with Crippen LogP contribution in [0.3, 0.4) is 0 Å². The van der Waals surface area contributed by atoms with Crippen LogP contribution in [0.5, 0.6) is 0 Å². The summed E-state index contributed by atoms with van der Waals surface area (Å²) in [7, 11) is 0. The van der Waals surface area contributed by atoms with Gasteiger partial charge in [-0.25, -0.2) is 0 Å². The van der Waals surface area contributed by atoms with Gasteiger partial charge in [-0.05, 0) is 19.1 Å². The summed E-state index contributed by atoms with van der Waals surface area (Å²) in [5.41, 5.74) is 2.45. The minimum Gasteiger partial charge on any atom is -0.375 e. The number of benzene rings is 1. The van der Waals surface area contributed by atoms with Crippen molar-refractivity contribution in [3.63, 3.8) is 0 Å². The molecule has 0 fully saturated rings. The third kappa shape index (κ3) is 2.69. The van der Waals surface area contributed by atoms with Gasteiger partial charge in [-0.15, -0.1) is 0 Å². The minimum atomic E-state index is -0.480. The maximum absolute atomic E-state index is 10.9. The van der Waals surface area contributed by atoms with Gasteiger partial charge in [0.25, 0.3) is 5.69 Å². The number of hydrogen-bond donors (Lipinski definition) is 2. The average molecular weight is 257 g/mol. The van der Waals surface area contributed by atoms with Crippen LogP contribution in [0.1, 0.15) is 16.8 Å². The van der Waals surface area contributed by atoms with Crippen LogP contribution in [-0.4, -0.2) is 15.1 Å². The van der Waals surface area contributed by atoms with E-state index in [2.05, 4.69) is 15.5 Å². The number of aromatic amines is 1. The lowest BCUT2D eigenvalue weighted by atomic mass is 10.1. The van der Waals surface area contributed by atoms with E-state index in [1.54, 1.807) is 6.20 Å². The molecular formula is C12H11N5O2. The van der Waals surface area contributed by atoms with Gasteiger partial charge in [0.2, 0.25) is 0 Å². The Morgan fingerprint density at radius 1 is 1.58 bits per heavy atom. The molecule has 0 atom stereocenters. The van der Waals surface area contributed by atoms with Crippen molar-refractivity contribution < 1.29 is 4.92 Å². The quantitative estimate of drug-likeness (QED) is 0.644. The molecule has 0 radical (unpaired) electrons. The van der Waals surface area contributed by atoms with Gasteiger partial charge in [-0.2, -0.15) is 10.4 Å². The first-order valence-corrected chi connectivity index (χ1v) is 5.53. The van der Waals surface area contributed by atoms with Crippen molar-refractivity contribution in [3.8, 4) is 6.07 Å². The summed E-state index contributed by atoms with van der Waals surface area (Å²) in [6.07, 6.45) is 1.66. The van der Waals surface area contributed by atoms with Gasteiger partial charge >= 0.3 is 0 Å². The number of rotatable bonds is 4. The third-order valence-corrected chi connectivity index (χ3v) is 2.73. The lowest BCUT2D eigenvalue weighted by molar-refractivity contribution is -0.384. The van der Waals surface area contributed by atoms with Crippen molar-refractivity contribution >= 4 is 11.4 Å². The fraction of sp³-hybridized carbons (Fsp3) is 0.167. The Labute approximate surface area is 109 Å². The molecule has 0 amide bonds. The van der Waals surface area contributed by atoms with Crippen LogP contribution in [0, 0.1) is 28.4 Å². The Morgan fingerprint density at radius 3 is 2.95 bits per heavy atom. The molecule has 0 saturated heterocycles. The van der Waals surface area contributed by atoms with Gasteiger partial charge in [0, 0.05) is 23.9 Å². The van der Waals surface area contributed by atoms with Crippen LogP contribution in [0.25, 0.3) is 0 Å². The van der Waals surface area contributed by atoms with Crippen LogP contribution in [0.15, 0.2) is 24.4 Å². The van der Waals surface area contributed by atoms with E-state index in [1.165, 1.54) is 18.2 Å². The van der Waals surface area contributed by atoms with E-state index in [4.69, 9.17) is 5.26 Å². The van der Waals surface area contributed by atoms with Gasteiger partial charge in [0.15, 0.2) is 0 Å². The van der Waals surface area contributed by atoms with Crippen molar-refractivity contribution in [1.82, 2.24) is 10.2 Å². The van der Waals surface area contributed by atoms with Gasteiger partial charge in [-0.1, -0.05) is 0 Å². The van der Waals surface area contributed by atoms with E-state index in [1.807, 2.05) is 13.0 Å². The van der Waals surface area contributed by atoms with E-state index in [9.17, 15) is 10.1 Å². The molecule has 19 heavy (non-hydrogen) atoms. The molecule has 7 nitrogen and oxygen atoms in total. The number of aryl methyl sites for hydroxylation is 1. The number of H-pyrrole nitrogens is 1. The van der Waals surface area contributed by atoms with Gasteiger partial charge in [-0.3, -0.25) is 15.2 Å². The second-order valence-corrected chi connectivity index (χ2v) is 3.97. The lowest BCUT2D eigenvalue weighted by Gasteiger charge is -2.06. The summed E-state index contributed by atoms with van der Waals surface area (Å²) in [4.78, 5) is 10.4. The van der Waals surface area contributed by atoms with E-state index in [0.29, 0.717) is 17.8 Å². The monoisotopic (exact) mass is 257 g/mol. The molecule has 1 heterocycles. The molecular weight excluding hydrogens is 246 g/mol. The number of hydrogen-bond acceptors (Lipinski definition) is 5. The number of nitrogens with one attached hydrogen (secondary N) is 2. The van der Waals surface area contributed by atoms with Crippen LogP contribution in [0.2, 0.25) is 0 Å². The fourth-order valence-electron chi connectivity index (χ4n) is 1.65. The molecule has 0 unspecified atom stereocenters. The Bertz CT molecular complexity index is 656. The number of anilines is 1. The van der Waals surface area contributed by atoms with E-state index in [-0.39, 0.29) is 5.69 Å². The second kappa shape index (κ2) is 5.18. The normalized spacial score (nSPS) is 9.89. The highest BCUT2D eigenvalue weighted by Gasteiger charge is 2.14. The average Bonchev–Trinajstić information content (AvgIpc) is 2.81. The summed E-state index contributed by atoms with van der Waals surface area (Å²) in [6, 6.07) is 6.17. The molecule has 0 spiro atoms. The summed E-state index contributed by atoms with van der Waals surface area (Å²) in [5, 5.41) is 29.4. The molecule has 0 aliphatic heterocycles. The number of nitrogens with zero attached hydrogens (tertiary/aromatic N) is 3. The standard InChI is InChI=1S/C12H11N5O2/c1-8-10(7-15-16-8)6-14-11-4-9(5-13)2-3-12(11)17(18)19/h2-4,7,14H,6H2,1H3,(H,15,16). The molecule has 0 saturated carbocycles. The topological polar surface area (TPSA) is 108 Å². The smallest absolute Gasteiger partial charge is 0.292 e. The molecule has 1 aromatic heterocycles. The number of aromatic nitrogens is 2. The fourth-order valence-corrected chi connectivity index (χ4v) is 1.65. The third-order valence-electron chi connectivity index (χ3n) is 2.73. The zero-order chi connectivity index (χ0) is 13.8. The first kappa shape index (κ1) is 12.6. The zero-order valence-electron chi connectivity index (χ0n) is 10.2. The van der Waals surface area contributed by atoms with Crippen LogP contribution in [-0.2, 0) is 6.54 Å². The molecule has 2 aromatic rings. The largest absolute Gasteiger partial charge is 0.375 e. The summed E-state index contributed by atoms with van der Waals surface area (Å²) < 4.78 is 0. The summed E-state index contributed by atoms with van der Waals surface area (Å²) in [5.74, 6) is 0. The minimum absolute atomic E-state index is 0.0554. The lowest BCUT2D eigenvalue weighted by Crippen LogP contribution is -2.03. The number of nitro benzene ring substituents is 1. The van der Waals surface area contributed by atoms with Crippen molar-refractivity contribution in [2.75, 3.05) is 5.32 Å². The molecule has 1 aromatic carbocycles. The van der Waals surface area contributed by atoms with E-state index < -0.39 is 4.92 Å². The zero-order valence-corrected chi connectivity index (χ0v) is 10.2. The molecule has 96 valence electrons. The molecule has 0 aliphatic rings. The van der Waals surface area contributed by atoms with Gasteiger partial charge in [0.05, 0.1) is 22.8 Å². The Morgan fingerprint density at radius 2 is 2.37 bits per heavy atom. The molecule has 2 N–H and O–H groups in total. The highest BCUT2D eigenvalue weighted by atomic mass is 16.6. The van der Waals surface area contributed by atoms with Gasteiger partial charge < -0.3 is 5.32 Å². The van der Waals surface area contributed by atoms with Crippen LogP contribution in [0.4, 0.5) is 11.4 Å². The predicted molar refractivity (Wildman–Crippen MR) is 68.5 cm³/mol.